The van der Waals surface area contributed by atoms with Gasteiger partial charge in [-0.05, 0) is 16.7 Å². The molecule has 4 heteroatoms. The van der Waals surface area contributed by atoms with E-state index in [9.17, 15) is 4.79 Å². The van der Waals surface area contributed by atoms with Crippen LogP contribution < -0.4 is 0 Å². The standard InChI is InChI=1S/C15H16N2O2/c1-19-14(11-5-3-2-4-6-11)15(18)17-9-12-7-16-8-13(12)10-17/h2-7,14H,8-10H2,1H3/t14-/m1/s1. The molecule has 1 aromatic rings. The molecule has 0 saturated heterocycles. The van der Waals surface area contributed by atoms with Gasteiger partial charge in [0.15, 0.2) is 6.10 Å². The molecule has 0 N–H and O–H groups in total. The summed E-state index contributed by atoms with van der Waals surface area (Å²) < 4.78 is 5.39. The molecular weight excluding hydrogens is 240 g/mol. The van der Waals surface area contributed by atoms with Crippen molar-refractivity contribution in [3.05, 3.63) is 47.0 Å². The van der Waals surface area contributed by atoms with Crippen LogP contribution in [0, 0.1) is 0 Å². The van der Waals surface area contributed by atoms with Gasteiger partial charge in [0.1, 0.15) is 0 Å². The Bertz CT molecular complexity index is 549. The van der Waals surface area contributed by atoms with Crippen molar-refractivity contribution in [3.8, 4) is 0 Å². The lowest BCUT2D eigenvalue weighted by molar-refractivity contribution is -0.141. The fraction of sp³-hybridized carbons (Fsp3) is 0.333. The van der Waals surface area contributed by atoms with Gasteiger partial charge in [0.2, 0.25) is 0 Å². The van der Waals surface area contributed by atoms with Crippen LogP contribution >= 0.6 is 0 Å². The number of nitrogens with zero attached hydrogens (tertiary/aromatic N) is 2. The number of methoxy groups -OCH3 is 1. The molecule has 4 nitrogen and oxygen atoms in total. The Morgan fingerprint density at radius 1 is 1.32 bits per heavy atom. The first-order chi connectivity index (χ1) is 9.29. The first kappa shape index (κ1) is 12.1. The Morgan fingerprint density at radius 3 is 2.79 bits per heavy atom. The molecule has 3 rings (SSSR count). The minimum absolute atomic E-state index is 0.0245. The van der Waals surface area contributed by atoms with Crippen molar-refractivity contribution in [2.45, 2.75) is 6.10 Å². The summed E-state index contributed by atoms with van der Waals surface area (Å²) in [6.45, 7) is 2.08. The fourth-order valence-corrected chi connectivity index (χ4v) is 2.58. The van der Waals surface area contributed by atoms with Crippen LogP contribution in [0.5, 0.6) is 0 Å². The van der Waals surface area contributed by atoms with Crippen molar-refractivity contribution in [3.63, 3.8) is 0 Å². The topological polar surface area (TPSA) is 41.9 Å². The van der Waals surface area contributed by atoms with Gasteiger partial charge in [-0.1, -0.05) is 30.3 Å². The van der Waals surface area contributed by atoms with E-state index < -0.39 is 6.10 Å². The molecule has 19 heavy (non-hydrogen) atoms. The van der Waals surface area contributed by atoms with Gasteiger partial charge in [0, 0.05) is 26.4 Å². The molecule has 0 aromatic heterocycles. The Kier molecular flexibility index (Phi) is 3.17. The van der Waals surface area contributed by atoms with E-state index >= 15 is 0 Å². The van der Waals surface area contributed by atoms with E-state index in [1.165, 1.54) is 11.1 Å². The lowest BCUT2D eigenvalue weighted by Gasteiger charge is -2.23. The molecule has 98 valence electrons. The third-order valence-electron chi connectivity index (χ3n) is 3.60. The van der Waals surface area contributed by atoms with E-state index in [2.05, 4.69) is 4.99 Å². The molecule has 0 bridgehead atoms. The fourth-order valence-electron chi connectivity index (χ4n) is 2.58. The monoisotopic (exact) mass is 256 g/mol. The van der Waals surface area contributed by atoms with Crippen LogP contribution in [0.15, 0.2) is 46.5 Å². The van der Waals surface area contributed by atoms with Gasteiger partial charge in [-0.25, -0.2) is 0 Å². The number of carbonyl (C=O) groups excluding carboxylic acids is 1. The molecule has 1 aromatic carbocycles. The Labute approximate surface area is 112 Å². The molecule has 2 aliphatic heterocycles. The van der Waals surface area contributed by atoms with E-state index in [1.807, 2.05) is 41.4 Å². The molecular formula is C15H16N2O2. The van der Waals surface area contributed by atoms with Gasteiger partial charge >= 0.3 is 0 Å². The number of carbonyl (C=O) groups is 1. The van der Waals surface area contributed by atoms with E-state index in [0.717, 1.165) is 12.1 Å². The molecule has 2 heterocycles. The molecule has 0 saturated carbocycles. The summed E-state index contributed by atoms with van der Waals surface area (Å²) in [6, 6.07) is 9.62. The molecule has 0 spiro atoms. The maximum atomic E-state index is 12.5. The highest BCUT2D eigenvalue weighted by Gasteiger charge is 2.31. The maximum Gasteiger partial charge on any atom is 0.256 e. The number of benzene rings is 1. The van der Waals surface area contributed by atoms with Crippen LogP contribution in [0.4, 0.5) is 0 Å². The van der Waals surface area contributed by atoms with Crippen molar-refractivity contribution in [2.24, 2.45) is 4.99 Å². The minimum Gasteiger partial charge on any atom is -0.367 e. The molecule has 0 radical (unpaired) electrons. The summed E-state index contributed by atoms with van der Waals surface area (Å²) in [7, 11) is 1.58. The van der Waals surface area contributed by atoms with Crippen molar-refractivity contribution >= 4 is 12.1 Å². The Morgan fingerprint density at radius 2 is 2.11 bits per heavy atom. The average Bonchev–Trinajstić information content (AvgIpc) is 3.01. The third-order valence-corrected chi connectivity index (χ3v) is 3.60. The summed E-state index contributed by atoms with van der Waals surface area (Å²) in [5.74, 6) is 0.0245. The summed E-state index contributed by atoms with van der Waals surface area (Å²) in [5.41, 5.74) is 3.35. The second-order valence-electron chi connectivity index (χ2n) is 4.82. The smallest absolute Gasteiger partial charge is 0.256 e. The van der Waals surface area contributed by atoms with Crippen LogP contribution in [-0.4, -0.2) is 43.8 Å². The normalized spacial score (nSPS) is 18.9. The van der Waals surface area contributed by atoms with Gasteiger partial charge in [-0.2, -0.15) is 0 Å². The van der Waals surface area contributed by atoms with Gasteiger partial charge in [0.05, 0.1) is 6.54 Å². The summed E-state index contributed by atoms with van der Waals surface area (Å²) in [5, 5.41) is 0. The molecule has 0 aliphatic carbocycles. The molecule has 1 amide bonds. The van der Waals surface area contributed by atoms with Gasteiger partial charge in [-0.3, -0.25) is 9.79 Å². The first-order valence-corrected chi connectivity index (χ1v) is 6.37. The quantitative estimate of drug-likeness (QED) is 0.824. The SMILES string of the molecule is CO[C@@H](C(=O)N1CC2=C(CN=C2)C1)c1ccccc1. The molecule has 2 aliphatic rings. The summed E-state index contributed by atoms with van der Waals surface area (Å²) in [6.07, 6.45) is 1.37. The van der Waals surface area contributed by atoms with E-state index in [4.69, 9.17) is 4.74 Å². The molecule has 0 unspecified atom stereocenters. The zero-order chi connectivity index (χ0) is 13.2. The summed E-state index contributed by atoms with van der Waals surface area (Å²) in [4.78, 5) is 18.6. The Balaban J connectivity index is 1.75. The Hall–Kier alpha value is -1.94. The predicted octanol–water partition coefficient (Wildman–Crippen LogP) is 1.60. The highest BCUT2D eigenvalue weighted by Crippen LogP contribution is 2.25. The highest BCUT2D eigenvalue weighted by molar-refractivity contribution is 5.89. The number of hydrogen-bond acceptors (Lipinski definition) is 3. The molecule has 1 atom stereocenters. The lowest BCUT2D eigenvalue weighted by Crippen LogP contribution is -2.35. The van der Waals surface area contributed by atoms with Gasteiger partial charge in [0.25, 0.3) is 5.91 Å². The van der Waals surface area contributed by atoms with E-state index in [1.54, 1.807) is 7.11 Å². The summed E-state index contributed by atoms with van der Waals surface area (Å²) >= 11 is 0. The minimum atomic E-state index is -0.516. The second kappa shape index (κ2) is 4.97. The van der Waals surface area contributed by atoms with Crippen LogP contribution in [0.3, 0.4) is 0 Å². The predicted molar refractivity (Wildman–Crippen MR) is 73.2 cm³/mol. The zero-order valence-corrected chi connectivity index (χ0v) is 10.9. The van der Waals surface area contributed by atoms with Crippen LogP contribution in [0.1, 0.15) is 11.7 Å². The van der Waals surface area contributed by atoms with Crippen molar-refractivity contribution in [1.29, 1.82) is 0 Å². The van der Waals surface area contributed by atoms with Crippen molar-refractivity contribution in [1.82, 2.24) is 4.90 Å². The maximum absolute atomic E-state index is 12.5. The van der Waals surface area contributed by atoms with Crippen molar-refractivity contribution < 1.29 is 9.53 Å². The lowest BCUT2D eigenvalue weighted by atomic mass is 10.1. The van der Waals surface area contributed by atoms with E-state index in [-0.39, 0.29) is 5.91 Å². The number of hydrogen-bond donors (Lipinski definition) is 0. The third kappa shape index (κ3) is 2.19. The number of rotatable bonds is 3. The van der Waals surface area contributed by atoms with Gasteiger partial charge < -0.3 is 9.64 Å². The largest absolute Gasteiger partial charge is 0.367 e. The zero-order valence-electron chi connectivity index (χ0n) is 10.9. The van der Waals surface area contributed by atoms with Crippen LogP contribution in [-0.2, 0) is 9.53 Å². The number of amides is 1. The van der Waals surface area contributed by atoms with Crippen LogP contribution in [0.2, 0.25) is 0 Å². The van der Waals surface area contributed by atoms with Crippen molar-refractivity contribution in [2.75, 3.05) is 26.7 Å². The molecule has 0 fully saturated rings. The van der Waals surface area contributed by atoms with E-state index in [0.29, 0.717) is 13.1 Å². The number of ether oxygens (including phenoxy) is 1. The van der Waals surface area contributed by atoms with Crippen LogP contribution in [0.25, 0.3) is 0 Å². The number of aliphatic imine (C=N–C) groups is 1. The average molecular weight is 256 g/mol. The highest BCUT2D eigenvalue weighted by atomic mass is 16.5. The second-order valence-corrected chi connectivity index (χ2v) is 4.82. The first-order valence-electron chi connectivity index (χ1n) is 6.37. The van der Waals surface area contributed by atoms with Gasteiger partial charge in [-0.15, -0.1) is 0 Å².